The molecular weight excluding hydrogens is 395 g/mol. The minimum Gasteiger partial charge on any atom is -0.462 e. The topological polar surface area (TPSA) is 120 Å². The maximum atomic E-state index is 14.8. The van der Waals surface area contributed by atoms with Gasteiger partial charge in [-0.3, -0.25) is 0 Å². The van der Waals surface area contributed by atoms with Crippen molar-refractivity contribution in [1.82, 2.24) is 0 Å². The summed E-state index contributed by atoms with van der Waals surface area (Å²) in [7, 11) is 0. The van der Waals surface area contributed by atoms with Crippen LogP contribution in [-0.2, 0) is 17.8 Å². The highest BCUT2D eigenvalue weighted by Gasteiger charge is 2.46. The molecule has 0 radical (unpaired) electrons. The highest BCUT2D eigenvalue weighted by atomic mass is 19.1. The van der Waals surface area contributed by atoms with Crippen molar-refractivity contribution < 1.29 is 39.4 Å². The van der Waals surface area contributed by atoms with Gasteiger partial charge < -0.3 is 35.0 Å². The van der Waals surface area contributed by atoms with Gasteiger partial charge in [0.15, 0.2) is 0 Å². The van der Waals surface area contributed by atoms with Gasteiger partial charge in [0.1, 0.15) is 36.0 Å². The maximum absolute atomic E-state index is 14.8. The Morgan fingerprint density at radius 1 is 1.03 bits per heavy atom. The van der Waals surface area contributed by atoms with Crippen molar-refractivity contribution in [2.75, 3.05) is 0 Å². The van der Waals surface area contributed by atoms with Crippen LogP contribution in [0.5, 0.6) is 5.75 Å². The highest BCUT2D eigenvalue weighted by Crippen LogP contribution is 2.31. The van der Waals surface area contributed by atoms with Crippen LogP contribution in [0.25, 0.3) is 0 Å². The molecule has 164 valence electrons. The van der Waals surface area contributed by atoms with Crippen LogP contribution in [0.15, 0.2) is 36.4 Å². The first-order chi connectivity index (χ1) is 14.2. The van der Waals surface area contributed by atoms with Gasteiger partial charge in [0.05, 0.1) is 12.7 Å². The smallest absolute Gasteiger partial charge is 0.229 e. The third kappa shape index (κ3) is 4.80. The fraction of sp³-hybridized carbons (Fsp3) is 0.455. The van der Waals surface area contributed by atoms with Crippen LogP contribution in [0.3, 0.4) is 0 Å². The lowest BCUT2D eigenvalue weighted by atomic mass is 9.96. The summed E-state index contributed by atoms with van der Waals surface area (Å²) in [6, 6.07) is 10.1. The first kappa shape index (κ1) is 22.6. The average molecular weight is 422 g/mol. The third-order valence-corrected chi connectivity index (χ3v) is 5.22. The summed E-state index contributed by atoms with van der Waals surface area (Å²) in [6.07, 6.45) is -8.43. The largest absolute Gasteiger partial charge is 0.462 e. The quantitative estimate of drug-likeness (QED) is 0.467. The molecule has 1 fully saturated rings. The van der Waals surface area contributed by atoms with E-state index < -0.39 is 49.2 Å². The summed E-state index contributed by atoms with van der Waals surface area (Å²) < 4.78 is 26.0. The zero-order chi connectivity index (χ0) is 22.0. The molecule has 1 saturated heterocycles. The predicted molar refractivity (Wildman–Crippen MR) is 105 cm³/mol. The fourth-order valence-corrected chi connectivity index (χ4v) is 3.44. The Kier molecular flexibility index (Phi) is 7.07. The van der Waals surface area contributed by atoms with Crippen LogP contribution in [0.4, 0.5) is 4.39 Å². The molecule has 8 heteroatoms. The van der Waals surface area contributed by atoms with Crippen molar-refractivity contribution in [2.45, 2.75) is 63.7 Å². The summed E-state index contributed by atoms with van der Waals surface area (Å²) in [5.41, 5.74) is 2.32. The van der Waals surface area contributed by atoms with Crippen LogP contribution < -0.4 is 4.74 Å². The summed E-state index contributed by atoms with van der Waals surface area (Å²) in [6.45, 7) is 2.88. The van der Waals surface area contributed by atoms with Crippen LogP contribution in [0.1, 0.15) is 29.2 Å². The number of benzene rings is 2. The van der Waals surface area contributed by atoms with Gasteiger partial charge in [0.25, 0.3) is 0 Å². The van der Waals surface area contributed by atoms with Gasteiger partial charge in [-0.1, -0.05) is 29.8 Å². The Labute approximate surface area is 173 Å². The van der Waals surface area contributed by atoms with Crippen LogP contribution >= 0.6 is 0 Å². The summed E-state index contributed by atoms with van der Waals surface area (Å²) in [5.74, 6) is -0.577. The van der Waals surface area contributed by atoms with E-state index in [0.29, 0.717) is 0 Å². The SMILES string of the molecule is Cc1ccc(Cc2c(F)cc(CO)cc2O[C@@H]2O[C@H]([C@@H](C)O)[C@@H](O)[C@H](O)[C@H]2O)cc1. The highest BCUT2D eigenvalue weighted by molar-refractivity contribution is 5.42. The number of aryl methyl sites for hydroxylation is 1. The lowest BCUT2D eigenvalue weighted by molar-refractivity contribution is -0.286. The number of halogens is 1. The number of rotatable bonds is 6. The van der Waals surface area contributed by atoms with E-state index in [1.807, 2.05) is 31.2 Å². The summed E-state index contributed by atoms with van der Waals surface area (Å²) in [5, 5.41) is 49.7. The van der Waals surface area contributed by atoms with Crippen molar-refractivity contribution >= 4 is 0 Å². The second kappa shape index (κ2) is 9.38. The van der Waals surface area contributed by atoms with Gasteiger partial charge in [-0.25, -0.2) is 4.39 Å². The number of aliphatic hydroxyl groups excluding tert-OH is 5. The lowest BCUT2D eigenvalue weighted by Gasteiger charge is -2.41. The maximum Gasteiger partial charge on any atom is 0.229 e. The Hall–Kier alpha value is -2.07. The zero-order valence-corrected chi connectivity index (χ0v) is 16.8. The number of ether oxygens (including phenoxy) is 2. The molecule has 7 nitrogen and oxygen atoms in total. The van der Waals surface area contributed by atoms with E-state index in [2.05, 4.69) is 0 Å². The molecule has 0 aromatic heterocycles. The molecule has 30 heavy (non-hydrogen) atoms. The molecule has 2 aromatic carbocycles. The minimum absolute atomic E-state index is 0.0246. The number of hydrogen-bond donors (Lipinski definition) is 5. The first-order valence-corrected chi connectivity index (χ1v) is 9.73. The minimum atomic E-state index is -1.64. The molecule has 3 rings (SSSR count). The van der Waals surface area contributed by atoms with E-state index in [0.717, 1.165) is 11.1 Å². The molecule has 2 aromatic rings. The molecule has 6 atom stereocenters. The van der Waals surface area contributed by atoms with Gasteiger partial charge in [0.2, 0.25) is 6.29 Å². The van der Waals surface area contributed by atoms with E-state index in [4.69, 9.17) is 9.47 Å². The molecule has 1 aliphatic rings. The number of hydrogen-bond acceptors (Lipinski definition) is 7. The van der Waals surface area contributed by atoms with Crippen LogP contribution in [0, 0.1) is 12.7 Å². The van der Waals surface area contributed by atoms with E-state index in [9.17, 15) is 29.9 Å². The monoisotopic (exact) mass is 422 g/mol. The average Bonchev–Trinajstić information content (AvgIpc) is 2.71. The molecule has 0 amide bonds. The zero-order valence-electron chi connectivity index (χ0n) is 16.8. The summed E-state index contributed by atoms with van der Waals surface area (Å²) in [4.78, 5) is 0. The fourth-order valence-electron chi connectivity index (χ4n) is 3.44. The van der Waals surface area contributed by atoms with Crippen molar-refractivity contribution in [3.8, 4) is 5.75 Å². The number of aliphatic hydroxyl groups is 5. The standard InChI is InChI=1S/C22H27FO7/c1-11-3-5-13(6-4-11)7-15-16(23)8-14(10-24)9-17(15)29-22-20(28)18(26)19(27)21(30-22)12(2)25/h3-6,8-9,12,18-22,24-28H,7,10H2,1-2H3/t12-,18+,19+,20-,21-,22-/m1/s1. The molecule has 5 N–H and O–H groups in total. The molecular formula is C22H27FO7. The lowest BCUT2D eigenvalue weighted by Crippen LogP contribution is -2.61. The Morgan fingerprint density at radius 2 is 1.70 bits per heavy atom. The first-order valence-electron chi connectivity index (χ1n) is 9.73. The predicted octanol–water partition coefficient (Wildman–Crippen LogP) is 0.784. The van der Waals surface area contributed by atoms with E-state index in [-0.39, 0.29) is 23.3 Å². The molecule has 0 aliphatic carbocycles. The van der Waals surface area contributed by atoms with Gasteiger partial charge in [-0.15, -0.1) is 0 Å². The van der Waals surface area contributed by atoms with Crippen molar-refractivity contribution in [1.29, 1.82) is 0 Å². The molecule has 0 bridgehead atoms. The van der Waals surface area contributed by atoms with Crippen molar-refractivity contribution in [2.24, 2.45) is 0 Å². The van der Waals surface area contributed by atoms with Crippen molar-refractivity contribution in [3.05, 3.63) is 64.5 Å². The van der Waals surface area contributed by atoms with E-state index >= 15 is 0 Å². The van der Waals surface area contributed by atoms with Gasteiger partial charge >= 0.3 is 0 Å². The van der Waals surface area contributed by atoms with E-state index in [1.54, 1.807) is 0 Å². The van der Waals surface area contributed by atoms with Gasteiger partial charge in [-0.2, -0.15) is 0 Å². The van der Waals surface area contributed by atoms with Gasteiger partial charge in [-0.05, 0) is 37.1 Å². The molecule has 1 aliphatic heterocycles. The van der Waals surface area contributed by atoms with Gasteiger partial charge in [0, 0.05) is 12.0 Å². The Balaban J connectivity index is 1.93. The molecule has 0 saturated carbocycles. The second-order valence-electron chi connectivity index (χ2n) is 7.67. The molecule has 0 spiro atoms. The van der Waals surface area contributed by atoms with Crippen LogP contribution in [-0.4, -0.2) is 62.3 Å². The van der Waals surface area contributed by atoms with Crippen molar-refractivity contribution in [3.63, 3.8) is 0 Å². The third-order valence-electron chi connectivity index (χ3n) is 5.22. The molecule has 1 heterocycles. The van der Waals surface area contributed by atoms with E-state index in [1.165, 1.54) is 19.1 Å². The van der Waals surface area contributed by atoms with Crippen LogP contribution in [0.2, 0.25) is 0 Å². The second-order valence-corrected chi connectivity index (χ2v) is 7.67. The Bertz CT molecular complexity index is 855. The summed E-state index contributed by atoms with van der Waals surface area (Å²) >= 11 is 0. The molecule has 0 unspecified atom stereocenters. The Morgan fingerprint density at radius 3 is 2.30 bits per heavy atom. The normalized spacial score (nSPS) is 27.7.